The molecule has 3 heterocycles. The predicted octanol–water partition coefficient (Wildman–Crippen LogP) is 4.22. The van der Waals surface area contributed by atoms with Crippen LogP contribution in [-0.2, 0) is 10.2 Å². The molecule has 1 aliphatic carbocycles. The Kier molecular flexibility index (Phi) is 8.76. The third kappa shape index (κ3) is 6.63. The summed E-state index contributed by atoms with van der Waals surface area (Å²) in [6.07, 6.45) is 6.10. The predicted molar refractivity (Wildman–Crippen MR) is 146 cm³/mol. The molecule has 218 valence electrons. The Morgan fingerprint density at radius 2 is 1.83 bits per heavy atom. The van der Waals surface area contributed by atoms with Crippen molar-refractivity contribution in [1.82, 2.24) is 23.9 Å². The van der Waals surface area contributed by atoms with Gasteiger partial charge in [-0.15, -0.1) is 0 Å². The number of rotatable bonds is 10. The zero-order valence-electron chi connectivity index (χ0n) is 22.5. The molecule has 2 aliphatic rings. The summed E-state index contributed by atoms with van der Waals surface area (Å²) in [7, 11) is -4.23. The van der Waals surface area contributed by atoms with E-state index in [-0.39, 0.29) is 13.1 Å². The summed E-state index contributed by atoms with van der Waals surface area (Å²) in [6, 6.07) is 11.1. The second-order valence-corrected chi connectivity index (χ2v) is 11.6. The average Bonchev–Trinajstić information content (AvgIpc) is 2.94. The smallest absolute Gasteiger partial charge is 0.304 e. The number of carbonyl (C=O) groups excluding carboxylic acids is 1. The molecule has 1 saturated heterocycles. The summed E-state index contributed by atoms with van der Waals surface area (Å²) in [5.41, 5.74) is -0.292. The number of carbonyl (C=O) groups is 1. The van der Waals surface area contributed by atoms with Crippen LogP contribution in [0.3, 0.4) is 0 Å². The summed E-state index contributed by atoms with van der Waals surface area (Å²) in [6.45, 7) is 3.33. The van der Waals surface area contributed by atoms with Crippen LogP contribution in [0.5, 0.6) is 17.4 Å². The van der Waals surface area contributed by atoms with Gasteiger partial charge in [-0.3, -0.25) is 14.7 Å². The molecule has 10 nitrogen and oxygen atoms in total. The van der Waals surface area contributed by atoms with Gasteiger partial charge < -0.3 is 9.47 Å². The fourth-order valence-electron chi connectivity index (χ4n) is 4.77. The molecule has 1 aliphatic heterocycles. The van der Waals surface area contributed by atoms with Crippen LogP contribution in [0, 0.1) is 11.6 Å². The first kappa shape index (κ1) is 28.8. The van der Waals surface area contributed by atoms with Crippen LogP contribution < -0.4 is 14.2 Å². The van der Waals surface area contributed by atoms with E-state index in [1.54, 1.807) is 43.5 Å². The van der Waals surface area contributed by atoms with Gasteiger partial charge in [0.05, 0.1) is 17.5 Å². The van der Waals surface area contributed by atoms with Crippen LogP contribution in [-0.4, -0.2) is 65.7 Å². The highest BCUT2D eigenvalue weighted by Gasteiger charge is 2.33. The monoisotopic (exact) mass is 587 g/mol. The molecular formula is C28H31F2N5O5S. The van der Waals surface area contributed by atoms with Gasteiger partial charge in [0.25, 0.3) is 5.91 Å². The third-order valence-electron chi connectivity index (χ3n) is 7.31. The lowest BCUT2D eigenvalue weighted by atomic mass is 9.91. The van der Waals surface area contributed by atoms with E-state index in [1.807, 2.05) is 4.72 Å². The quantitative estimate of drug-likeness (QED) is 0.375. The topological polar surface area (TPSA) is 114 Å². The van der Waals surface area contributed by atoms with Crippen molar-refractivity contribution in [3.8, 4) is 17.4 Å². The Balaban J connectivity index is 1.22. The van der Waals surface area contributed by atoms with Gasteiger partial charge >= 0.3 is 10.2 Å². The number of hydrogen-bond donors (Lipinski definition) is 1. The van der Waals surface area contributed by atoms with Gasteiger partial charge in [-0.25, -0.2) is 14.1 Å². The van der Waals surface area contributed by atoms with Crippen molar-refractivity contribution in [2.75, 3.05) is 26.2 Å². The number of hydrogen-bond acceptors (Lipinski definition) is 8. The Hall–Kier alpha value is -3.68. The number of nitrogens with zero attached hydrogens (tertiary/aromatic N) is 4. The van der Waals surface area contributed by atoms with E-state index in [4.69, 9.17) is 9.47 Å². The maximum Gasteiger partial charge on any atom is 0.304 e. The summed E-state index contributed by atoms with van der Waals surface area (Å²) < 4.78 is 69.8. The number of nitrogens with one attached hydrogen (secondary N) is 1. The third-order valence-corrected chi connectivity index (χ3v) is 8.80. The number of benzene rings is 1. The van der Waals surface area contributed by atoms with E-state index >= 15 is 0 Å². The lowest BCUT2D eigenvalue weighted by Gasteiger charge is -2.42. The molecule has 1 atom stereocenters. The summed E-state index contributed by atoms with van der Waals surface area (Å²) in [5.74, 6) is -3.77. The van der Waals surface area contributed by atoms with Crippen molar-refractivity contribution in [2.24, 2.45) is 0 Å². The average molecular weight is 588 g/mol. The molecule has 0 radical (unpaired) electrons. The first-order chi connectivity index (χ1) is 19.7. The highest BCUT2D eigenvalue weighted by Crippen LogP contribution is 2.30. The van der Waals surface area contributed by atoms with Crippen molar-refractivity contribution < 1.29 is 31.5 Å². The normalized spacial score (nSPS) is 17.4. The minimum Gasteiger partial charge on any atom is -0.481 e. The van der Waals surface area contributed by atoms with Crippen LogP contribution in [0.4, 0.5) is 8.78 Å². The van der Waals surface area contributed by atoms with E-state index in [1.165, 1.54) is 12.6 Å². The molecule has 1 N–H and O–H groups in total. The molecule has 1 aromatic carbocycles. The highest BCUT2D eigenvalue weighted by atomic mass is 32.2. The zero-order chi connectivity index (χ0) is 29.0. The van der Waals surface area contributed by atoms with Crippen LogP contribution in [0.15, 0.2) is 54.9 Å². The van der Waals surface area contributed by atoms with Crippen molar-refractivity contribution in [1.29, 1.82) is 0 Å². The van der Waals surface area contributed by atoms with Gasteiger partial charge in [0.1, 0.15) is 11.9 Å². The Morgan fingerprint density at radius 1 is 1.05 bits per heavy atom. The van der Waals surface area contributed by atoms with Gasteiger partial charge in [0.15, 0.2) is 11.6 Å². The second kappa shape index (κ2) is 12.5. The van der Waals surface area contributed by atoms with E-state index in [2.05, 4.69) is 14.9 Å². The van der Waals surface area contributed by atoms with Gasteiger partial charge in [-0.05, 0) is 49.6 Å². The maximum atomic E-state index is 15.0. The number of ether oxygens (including phenoxy) is 2. The molecule has 2 fully saturated rings. The highest BCUT2D eigenvalue weighted by molar-refractivity contribution is 7.87. The van der Waals surface area contributed by atoms with Crippen molar-refractivity contribution in [3.63, 3.8) is 0 Å². The molecule has 5 rings (SSSR count). The molecule has 1 amide bonds. The standard InChI is InChI=1S/C28H31F2N5O5S/c1-2-23(22-11-9-20(18-32-22)39-25-8-3-4-13-31-25)40-24-12-10-21(26(29)27(24)30)28(36)33-41(37,38)35-16-14-34(15-17-35)19-6-5-7-19/h3-4,8-13,18-19,23H,2,5-7,14-17H2,1H3,(H,33,36). The van der Waals surface area contributed by atoms with Crippen LogP contribution >= 0.6 is 0 Å². The number of aromatic nitrogens is 2. The zero-order valence-corrected chi connectivity index (χ0v) is 23.3. The molecule has 41 heavy (non-hydrogen) atoms. The molecule has 0 bridgehead atoms. The van der Waals surface area contributed by atoms with E-state index in [9.17, 15) is 22.0 Å². The fraction of sp³-hybridized carbons (Fsp3) is 0.393. The van der Waals surface area contributed by atoms with Gasteiger partial charge in [-0.1, -0.05) is 19.4 Å². The van der Waals surface area contributed by atoms with Gasteiger partial charge in [-0.2, -0.15) is 17.1 Å². The lowest BCUT2D eigenvalue weighted by molar-refractivity contribution is 0.0871. The van der Waals surface area contributed by atoms with E-state index in [0.29, 0.717) is 42.9 Å². The van der Waals surface area contributed by atoms with Crippen molar-refractivity contribution in [3.05, 3.63) is 77.8 Å². The van der Waals surface area contributed by atoms with Crippen molar-refractivity contribution >= 4 is 16.1 Å². The maximum absolute atomic E-state index is 15.0. The molecule has 1 unspecified atom stereocenters. The molecule has 2 aromatic heterocycles. The molecule has 1 saturated carbocycles. The minimum absolute atomic E-state index is 0.214. The van der Waals surface area contributed by atoms with Crippen molar-refractivity contribution in [2.45, 2.75) is 44.8 Å². The SMILES string of the molecule is CCC(Oc1ccc(C(=O)NS(=O)(=O)N2CCN(C3CCC3)CC2)c(F)c1F)c1ccc(Oc2ccccn2)cn1. The van der Waals surface area contributed by atoms with E-state index in [0.717, 1.165) is 29.3 Å². The molecule has 0 spiro atoms. The first-order valence-corrected chi connectivity index (χ1v) is 14.9. The number of halogens is 2. The summed E-state index contributed by atoms with van der Waals surface area (Å²) in [5, 5.41) is 0. The number of piperazine rings is 1. The Morgan fingerprint density at radius 3 is 2.44 bits per heavy atom. The van der Waals surface area contributed by atoms with Gasteiger partial charge in [0, 0.05) is 44.5 Å². The first-order valence-electron chi connectivity index (χ1n) is 13.5. The molecular weight excluding hydrogens is 556 g/mol. The molecule has 3 aromatic rings. The Bertz CT molecular complexity index is 1470. The van der Waals surface area contributed by atoms with Crippen LogP contribution in [0.2, 0.25) is 0 Å². The van der Waals surface area contributed by atoms with Crippen LogP contribution in [0.25, 0.3) is 0 Å². The molecule has 13 heteroatoms. The summed E-state index contributed by atoms with van der Waals surface area (Å²) in [4.78, 5) is 23.3. The Labute approximate surface area is 237 Å². The second-order valence-electron chi connectivity index (χ2n) is 9.90. The minimum atomic E-state index is -4.23. The fourth-order valence-corrected chi connectivity index (χ4v) is 5.89. The van der Waals surface area contributed by atoms with E-state index < -0.39 is 45.2 Å². The summed E-state index contributed by atoms with van der Waals surface area (Å²) >= 11 is 0. The lowest BCUT2D eigenvalue weighted by Crippen LogP contribution is -2.56. The van der Waals surface area contributed by atoms with Gasteiger partial charge in [0.2, 0.25) is 11.7 Å². The number of pyridine rings is 2. The van der Waals surface area contributed by atoms with Crippen LogP contribution in [0.1, 0.15) is 54.8 Å². The largest absolute Gasteiger partial charge is 0.481 e. The number of amides is 1.